The van der Waals surface area contributed by atoms with E-state index in [9.17, 15) is 24.9 Å². The molecule has 2 fully saturated rings. The molecule has 0 aromatic heterocycles. The predicted molar refractivity (Wildman–Crippen MR) is 140 cm³/mol. The lowest BCUT2D eigenvalue weighted by Crippen LogP contribution is -2.58. The van der Waals surface area contributed by atoms with E-state index >= 15 is 0 Å². The monoisotopic (exact) mass is 614 g/mol. The third-order valence-corrected chi connectivity index (χ3v) is 8.00. The van der Waals surface area contributed by atoms with Crippen LogP contribution in [0.2, 0.25) is 0 Å². The van der Waals surface area contributed by atoms with Crippen LogP contribution in [0, 0.1) is 9.49 Å². The Morgan fingerprint density at radius 3 is 2.50 bits per heavy atom. The van der Waals surface area contributed by atoms with Crippen molar-refractivity contribution in [3.05, 3.63) is 32.9 Å². The Labute approximate surface area is 225 Å². The molecule has 0 bridgehead atoms. The summed E-state index contributed by atoms with van der Waals surface area (Å²) in [6.07, 6.45) is 5.42. The molecule has 2 amide bonds. The molecule has 0 aliphatic heterocycles. The van der Waals surface area contributed by atoms with Crippen molar-refractivity contribution >= 4 is 34.4 Å². The van der Waals surface area contributed by atoms with Gasteiger partial charge >= 0.3 is 0 Å². The third-order valence-electron chi connectivity index (χ3n) is 7.20. The SMILES string of the molecule is COc1cc(CO)cc(I)c1OC1C=C(C(=O)NCCO)CC(N(C(=O)C2CC2)C2CCCC2)C1O. The molecule has 1 aromatic carbocycles. The number of nitrogens with one attached hydrogen (secondary N) is 1. The highest BCUT2D eigenvalue weighted by atomic mass is 127. The zero-order chi connectivity index (χ0) is 25.8. The van der Waals surface area contributed by atoms with Crippen molar-refractivity contribution in [3.8, 4) is 11.5 Å². The fourth-order valence-corrected chi connectivity index (χ4v) is 5.99. The summed E-state index contributed by atoms with van der Waals surface area (Å²) in [5.74, 6) is 0.494. The molecular weight excluding hydrogens is 579 g/mol. The highest BCUT2D eigenvalue weighted by molar-refractivity contribution is 14.1. The lowest BCUT2D eigenvalue weighted by molar-refractivity contribution is -0.143. The van der Waals surface area contributed by atoms with Crippen molar-refractivity contribution in [3.63, 3.8) is 0 Å². The Bertz CT molecular complexity index is 991. The van der Waals surface area contributed by atoms with Gasteiger partial charge in [0, 0.05) is 30.5 Å². The van der Waals surface area contributed by atoms with E-state index in [4.69, 9.17) is 9.47 Å². The first-order valence-electron chi connectivity index (χ1n) is 12.6. The molecule has 0 saturated heterocycles. The van der Waals surface area contributed by atoms with E-state index in [1.54, 1.807) is 18.2 Å². The van der Waals surface area contributed by atoms with E-state index in [-0.39, 0.29) is 50.0 Å². The third kappa shape index (κ3) is 5.98. The number of nitrogens with zero attached hydrogens (tertiary/aromatic N) is 1. The van der Waals surface area contributed by atoms with E-state index < -0.39 is 18.2 Å². The van der Waals surface area contributed by atoms with Gasteiger partial charge in [0.25, 0.3) is 0 Å². The van der Waals surface area contributed by atoms with Crippen molar-refractivity contribution in [2.45, 2.75) is 75.8 Å². The minimum atomic E-state index is -1.05. The number of hydrogen-bond donors (Lipinski definition) is 4. The standard InChI is InChI=1S/C26H35IN2O7/c1-35-22-11-15(14-31)10-19(27)24(22)36-21-13-17(25(33)28-8-9-30)12-20(23(21)32)29(18-4-2-3-5-18)26(34)16-6-7-16/h10-11,13,16,18,20-21,23,30-32H,2-9,12,14H2,1H3,(H,28,33). The zero-order valence-electron chi connectivity index (χ0n) is 20.5. The number of ether oxygens (including phenoxy) is 2. The van der Waals surface area contributed by atoms with Crippen molar-refractivity contribution in [2.24, 2.45) is 5.92 Å². The zero-order valence-corrected chi connectivity index (χ0v) is 22.6. The van der Waals surface area contributed by atoms with Gasteiger partial charge in [0.2, 0.25) is 11.8 Å². The van der Waals surface area contributed by atoms with Gasteiger partial charge in [-0.2, -0.15) is 0 Å². The Kier molecular flexibility index (Phi) is 9.13. The maximum Gasteiger partial charge on any atom is 0.247 e. The molecule has 36 heavy (non-hydrogen) atoms. The van der Waals surface area contributed by atoms with E-state index in [0.29, 0.717) is 26.2 Å². The second kappa shape index (κ2) is 12.1. The van der Waals surface area contributed by atoms with Crippen LogP contribution in [0.4, 0.5) is 0 Å². The molecule has 2 saturated carbocycles. The van der Waals surface area contributed by atoms with Crippen LogP contribution in [0.3, 0.4) is 0 Å². The van der Waals surface area contributed by atoms with E-state index in [0.717, 1.165) is 38.5 Å². The smallest absolute Gasteiger partial charge is 0.247 e. The maximum atomic E-state index is 13.5. The minimum Gasteiger partial charge on any atom is -0.493 e. The molecule has 9 nitrogen and oxygen atoms in total. The number of carbonyl (C=O) groups is 2. The fraction of sp³-hybridized carbons (Fsp3) is 0.615. The number of hydrogen-bond acceptors (Lipinski definition) is 7. The number of aliphatic hydroxyl groups excluding tert-OH is 3. The van der Waals surface area contributed by atoms with Gasteiger partial charge in [-0.15, -0.1) is 0 Å². The quantitative estimate of drug-likeness (QED) is 0.297. The summed E-state index contributed by atoms with van der Waals surface area (Å²) in [7, 11) is 1.50. The molecule has 4 rings (SSSR count). The van der Waals surface area contributed by atoms with E-state index in [1.165, 1.54) is 7.11 Å². The van der Waals surface area contributed by atoms with Gasteiger partial charge in [-0.05, 0) is 72.0 Å². The Balaban J connectivity index is 1.69. The summed E-state index contributed by atoms with van der Waals surface area (Å²) < 4.78 is 12.5. The number of methoxy groups -OCH3 is 1. The number of benzene rings is 1. The number of aliphatic hydroxyl groups is 3. The first-order chi connectivity index (χ1) is 17.4. The first kappa shape index (κ1) is 27.2. The maximum absolute atomic E-state index is 13.5. The molecule has 3 atom stereocenters. The topological polar surface area (TPSA) is 129 Å². The first-order valence-corrected chi connectivity index (χ1v) is 13.7. The van der Waals surface area contributed by atoms with Gasteiger partial charge < -0.3 is 35.0 Å². The molecule has 3 unspecified atom stereocenters. The normalized spacial score (nSPS) is 24.2. The van der Waals surface area contributed by atoms with Gasteiger partial charge in [-0.3, -0.25) is 9.59 Å². The average molecular weight is 614 g/mol. The van der Waals surface area contributed by atoms with Crippen molar-refractivity contribution in [1.29, 1.82) is 0 Å². The summed E-state index contributed by atoms with van der Waals surface area (Å²) in [4.78, 5) is 28.3. The summed E-state index contributed by atoms with van der Waals surface area (Å²) in [6, 6.07) is 2.87. The second-order valence-electron chi connectivity index (χ2n) is 9.74. The van der Waals surface area contributed by atoms with Crippen LogP contribution in [0.15, 0.2) is 23.8 Å². The molecule has 198 valence electrons. The average Bonchev–Trinajstić information content (AvgIpc) is 3.60. The van der Waals surface area contributed by atoms with Gasteiger partial charge in [0.1, 0.15) is 12.2 Å². The van der Waals surface area contributed by atoms with Crippen LogP contribution in [-0.4, -0.2) is 76.6 Å². The predicted octanol–water partition coefficient (Wildman–Crippen LogP) is 1.89. The summed E-state index contributed by atoms with van der Waals surface area (Å²) >= 11 is 2.09. The minimum absolute atomic E-state index is 0.0122. The molecule has 0 heterocycles. The Hall–Kier alpha value is -1.89. The van der Waals surface area contributed by atoms with Gasteiger partial charge in [0.15, 0.2) is 11.5 Å². The number of rotatable bonds is 10. The number of carbonyl (C=O) groups excluding carboxylic acids is 2. The van der Waals surface area contributed by atoms with Gasteiger partial charge in [0.05, 0.1) is 29.9 Å². The molecular formula is C26H35IN2O7. The summed E-state index contributed by atoms with van der Waals surface area (Å²) in [5, 5.41) is 33.0. The van der Waals surface area contributed by atoms with E-state index in [1.807, 2.05) is 4.90 Å². The van der Waals surface area contributed by atoms with Crippen molar-refractivity contribution < 1.29 is 34.4 Å². The van der Waals surface area contributed by atoms with Crippen LogP contribution in [-0.2, 0) is 16.2 Å². The van der Waals surface area contributed by atoms with Crippen molar-refractivity contribution in [2.75, 3.05) is 20.3 Å². The second-order valence-corrected chi connectivity index (χ2v) is 10.9. The summed E-state index contributed by atoms with van der Waals surface area (Å²) in [6.45, 7) is -0.238. The molecule has 10 heteroatoms. The molecule has 3 aliphatic carbocycles. The molecule has 4 N–H and O–H groups in total. The largest absolute Gasteiger partial charge is 0.493 e. The van der Waals surface area contributed by atoms with Crippen molar-refractivity contribution in [1.82, 2.24) is 10.2 Å². The molecule has 3 aliphatic rings. The highest BCUT2D eigenvalue weighted by Crippen LogP contribution is 2.40. The van der Waals surface area contributed by atoms with Crippen LogP contribution in [0.1, 0.15) is 50.5 Å². The summed E-state index contributed by atoms with van der Waals surface area (Å²) in [5.41, 5.74) is 1.07. The van der Waals surface area contributed by atoms with Crippen LogP contribution >= 0.6 is 22.6 Å². The molecule has 1 aromatic rings. The van der Waals surface area contributed by atoms with Gasteiger partial charge in [-0.25, -0.2) is 0 Å². The fourth-order valence-electron chi connectivity index (χ4n) is 5.20. The Morgan fingerprint density at radius 1 is 1.17 bits per heavy atom. The van der Waals surface area contributed by atoms with Gasteiger partial charge in [-0.1, -0.05) is 12.8 Å². The molecule has 0 radical (unpaired) electrons. The lowest BCUT2D eigenvalue weighted by atomic mass is 9.87. The Morgan fingerprint density at radius 2 is 1.89 bits per heavy atom. The van der Waals surface area contributed by atoms with Crippen LogP contribution in [0.25, 0.3) is 0 Å². The lowest BCUT2D eigenvalue weighted by Gasteiger charge is -2.43. The molecule has 0 spiro atoms. The van der Waals surface area contributed by atoms with Crippen LogP contribution in [0.5, 0.6) is 11.5 Å². The van der Waals surface area contributed by atoms with Crippen LogP contribution < -0.4 is 14.8 Å². The highest BCUT2D eigenvalue weighted by Gasteiger charge is 2.46. The number of halogens is 1. The number of amides is 2. The van der Waals surface area contributed by atoms with E-state index in [2.05, 4.69) is 27.9 Å².